The zero-order chi connectivity index (χ0) is 38.0. The number of allylic oxidation sites excluding steroid dienone is 6. The molecule has 6 nitrogen and oxygen atoms in total. The molecule has 56 heavy (non-hydrogen) atoms. The van der Waals surface area contributed by atoms with Gasteiger partial charge < -0.3 is 5.73 Å². The van der Waals surface area contributed by atoms with E-state index in [9.17, 15) is 0 Å². The van der Waals surface area contributed by atoms with Crippen LogP contribution in [0, 0.1) is 0 Å². The topological polar surface area (TPSA) is 89.9 Å². The minimum absolute atomic E-state index is 0.606. The van der Waals surface area contributed by atoms with Crippen molar-refractivity contribution in [2.45, 2.75) is 13.8 Å². The van der Waals surface area contributed by atoms with Gasteiger partial charge in [-0.2, -0.15) is 0 Å². The molecule has 3 aromatic heterocycles. The molecular weight excluding hydrogens is 705 g/mol. The first kappa shape index (κ1) is 34.7. The Hall–Kier alpha value is -7.09. The van der Waals surface area contributed by atoms with E-state index >= 15 is 0 Å². The van der Waals surface area contributed by atoms with E-state index in [1.807, 2.05) is 66.9 Å². The van der Waals surface area contributed by atoms with Crippen molar-refractivity contribution in [1.82, 2.24) is 19.9 Å². The van der Waals surface area contributed by atoms with Gasteiger partial charge in [-0.15, -0.1) is 11.3 Å². The zero-order valence-corrected chi connectivity index (χ0v) is 31.7. The molecule has 0 saturated heterocycles. The lowest BCUT2D eigenvalue weighted by atomic mass is 9.99. The highest BCUT2D eigenvalue weighted by Crippen LogP contribution is 2.44. The number of fused-ring (bicyclic) bond motifs is 1. The summed E-state index contributed by atoms with van der Waals surface area (Å²) in [6.07, 6.45) is 9.98. The SMILES string of the molecule is CC(C)=C1C=CC=CC1=Nc1sc2c(-c3ccc(-c4ccc(-c5nc(-c6ccccc6)nc(-c6ccc(-c7ccccc7)cc6)n5)cc4)cc3)ccnc2c1N. The van der Waals surface area contributed by atoms with Crippen LogP contribution in [0.15, 0.2) is 186 Å². The van der Waals surface area contributed by atoms with Crippen molar-refractivity contribution in [3.05, 3.63) is 181 Å². The summed E-state index contributed by atoms with van der Waals surface area (Å²) < 4.78 is 1.02. The van der Waals surface area contributed by atoms with Gasteiger partial charge in [0.2, 0.25) is 0 Å². The molecule has 0 fully saturated rings. The molecule has 9 rings (SSSR count). The first-order valence-electron chi connectivity index (χ1n) is 18.5. The maximum Gasteiger partial charge on any atom is 0.164 e. The van der Waals surface area contributed by atoms with E-state index in [-0.39, 0.29) is 0 Å². The third-order valence-electron chi connectivity index (χ3n) is 9.84. The first-order valence-corrected chi connectivity index (χ1v) is 19.3. The smallest absolute Gasteiger partial charge is 0.164 e. The predicted molar refractivity (Wildman–Crippen MR) is 234 cm³/mol. The molecule has 0 spiro atoms. The summed E-state index contributed by atoms with van der Waals surface area (Å²) in [4.78, 5) is 24.5. The maximum atomic E-state index is 6.65. The highest BCUT2D eigenvalue weighted by Gasteiger charge is 2.17. The molecule has 3 heterocycles. The van der Waals surface area contributed by atoms with Gasteiger partial charge in [0, 0.05) is 28.5 Å². The number of nitrogens with two attached hydrogens (primary N) is 1. The molecule has 0 amide bonds. The molecule has 8 aromatic rings. The van der Waals surface area contributed by atoms with Gasteiger partial charge >= 0.3 is 0 Å². The number of benzene rings is 5. The third kappa shape index (κ3) is 6.88. The summed E-state index contributed by atoms with van der Waals surface area (Å²) >= 11 is 1.58. The Balaban J connectivity index is 1.01. The molecule has 2 N–H and O–H groups in total. The molecule has 0 radical (unpaired) electrons. The lowest BCUT2D eigenvalue weighted by molar-refractivity contribution is 1.07. The fraction of sp³-hybridized carbons (Fsp3) is 0.0408. The van der Waals surface area contributed by atoms with Crippen molar-refractivity contribution in [3.63, 3.8) is 0 Å². The van der Waals surface area contributed by atoms with Crippen LogP contribution in [0.25, 0.3) is 77.8 Å². The molecule has 0 atom stereocenters. The molecule has 0 bridgehead atoms. The largest absolute Gasteiger partial charge is 0.394 e. The zero-order valence-electron chi connectivity index (χ0n) is 30.9. The Morgan fingerprint density at radius 1 is 0.518 bits per heavy atom. The standard InChI is InChI=1S/C49H36N6S/c1-31(2)40-15-9-10-16-42(40)52-49-43(50)44-45(56-49)41(29-30-51-44)36-23-17-34(18-24-36)35-21-27-39(28-22-35)48-54-46(37-13-7-4-8-14-37)53-47(55-48)38-25-19-33(20-26-38)32-11-5-3-6-12-32/h3-30H,50H2,1-2H3. The van der Waals surface area contributed by atoms with Crippen LogP contribution in [-0.2, 0) is 0 Å². The summed E-state index contributed by atoms with van der Waals surface area (Å²) in [5.74, 6) is 1.89. The number of aromatic nitrogens is 4. The van der Waals surface area contributed by atoms with Crippen LogP contribution in [0.1, 0.15) is 13.8 Å². The number of anilines is 1. The van der Waals surface area contributed by atoms with Gasteiger partial charge in [-0.3, -0.25) is 4.98 Å². The minimum atomic E-state index is 0.606. The van der Waals surface area contributed by atoms with Crippen molar-refractivity contribution in [3.8, 4) is 67.5 Å². The fourth-order valence-corrected chi connectivity index (χ4v) is 7.96. The second kappa shape index (κ2) is 15.0. The summed E-state index contributed by atoms with van der Waals surface area (Å²) in [7, 11) is 0. The lowest BCUT2D eigenvalue weighted by Crippen LogP contribution is -2.01. The van der Waals surface area contributed by atoms with E-state index in [2.05, 4.69) is 122 Å². The maximum absolute atomic E-state index is 6.65. The molecule has 1 aliphatic carbocycles. The number of hydrogen-bond donors (Lipinski definition) is 1. The Morgan fingerprint density at radius 2 is 0.964 bits per heavy atom. The van der Waals surface area contributed by atoms with Gasteiger partial charge in [-0.05, 0) is 59.4 Å². The molecule has 7 heteroatoms. The molecule has 0 aliphatic heterocycles. The number of hydrogen-bond acceptors (Lipinski definition) is 7. The highest BCUT2D eigenvalue weighted by atomic mass is 32.1. The van der Waals surface area contributed by atoms with Gasteiger partial charge in [0.15, 0.2) is 17.5 Å². The second-order valence-electron chi connectivity index (χ2n) is 13.8. The highest BCUT2D eigenvalue weighted by molar-refractivity contribution is 7.24. The van der Waals surface area contributed by atoms with Crippen LogP contribution in [0.3, 0.4) is 0 Å². The number of rotatable bonds is 7. The van der Waals surface area contributed by atoms with Crippen LogP contribution in [-0.4, -0.2) is 25.6 Å². The van der Waals surface area contributed by atoms with E-state index in [1.54, 1.807) is 11.3 Å². The normalized spacial score (nSPS) is 13.1. The van der Waals surface area contributed by atoms with Gasteiger partial charge in [0.1, 0.15) is 10.5 Å². The Bertz CT molecular complexity index is 2830. The monoisotopic (exact) mass is 740 g/mol. The average Bonchev–Trinajstić information content (AvgIpc) is 3.58. The van der Waals surface area contributed by atoms with Crippen molar-refractivity contribution < 1.29 is 0 Å². The number of thiophene rings is 1. The van der Waals surface area contributed by atoms with Crippen LogP contribution in [0.2, 0.25) is 0 Å². The summed E-state index contributed by atoms with van der Waals surface area (Å²) in [6.45, 7) is 4.19. The van der Waals surface area contributed by atoms with E-state index < -0.39 is 0 Å². The molecule has 268 valence electrons. The molecule has 5 aromatic carbocycles. The molecule has 1 aliphatic rings. The van der Waals surface area contributed by atoms with Crippen LogP contribution in [0.4, 0.5) is 10.7 Å². The minimum Gasteiger partial charge on any atom is -0.394 e. The lowest BCUT2D eigenvalue weighted by Gasteiger charge is -2.10. The summed E-state index contributed by atoms with van der Waals surface area (Å²) in [5, 5.41) is 0.771. The van der Waals surface area contributed by atoms with Crippen molar-refractivity contribution in [1.29, 1.82) is 0 Å². The summed E-state index contributed by atoms with van der Waals surface area (Å²) in [5.41, 5.74) is 20.7. The Kier molecular flexibility index (Phi) is 9.27. The second-order valence-corrected chi connectivity index (χ2v) is 14.8. The van der Waals surface area contributed by atoms with Crippen LogP contribution in [0.5, 0.6) is 0 Å². The fourth-order valence-electron chi connectivity index (χ4n) is 6.86. The molecule has 0 saturated carbocycles. The Labute approximate surface area is 329 Å². The van der Waals surface area contributed by atoms with Crippen molar-refractivity contribution in [2.75, 3.05) is 5.73 Å². The van der Waals surface area contributed by atoms with Gasteiger partial charge in [0.05, 0.1) is 16.1 Å². The van der Waals surface area contributed by atoms with Crippen LogP contribution < -0.4 is 5.73 Å². The van der Waals surface area contributed by atoms with Gasteiger partial charge in [0.25, 0.3) is 0 Å². The van der Waals surface area contributed by atoms with E-state index in [4.69, 9.17) is 25.7 Å². The van der Waals surface area contributed by atoms with Gasteiger partial charge in [-0.1, -0.05) is 157 Å². The number of nitrogens with zero attached hydrogens (tertiary/aromatic N) is 5. The van der Waals surface area contributed by atoms with Crippen LogP contribution >= 0.6 is 11.3 Å². The summed E-state index contributed by atoms with van der Waals surface area (Å²) in [6, 6.07) is 47.9. The average molecular weight is 741 g/mol. The van der Waals surface area contributed by atoms with E-state index in [0.29, 0.717) is 23.2 Å². The Morgan fingerprint density at radius 3 is 1.50 bits per heavy atom. The number of pyridine rings is 1. The van der Waals surface area contributed by atoms with Gasteiger partial charge in [-0.25, -0.2) is 19.9 Å². The quantitative estimate of drug-likeness (QED) is 0.176. The van der Waals surface area contributed by atoms with E-state index in [1.165, 1.54) is 11.1 Å². The molecule has 0 unspecified atom stereocenters. The third-order valence-corrected chi connectivity index (χ3v) is 11.0. The van der Waals surface area contributed by atoms with Crippen molar-refractivity contribution >= 4 is 38.0 Å². The first-order chi connectivity index (χ1) is 27.5. The number of aliphatic imine (C=N–C) groups is 1. The van der Waals surface area contributed by atoms with E-state index in [0.717, 1.165) is 71.0 Å². The number of nitrogen functional groups attached to an aromatic ring is 1. The predicted octanol–water partition coefficient (Wildman–Crippen LogP) is 12.6. The van der Waals surface area contributed by atoms with Crippen molar-refractivity contribution in [2.24, 2.45) is 4.99 Å². The molecular formula is C49H36N6S.